The summed E-state index contributed by atoms with van der Waals surface area (Å²) < 4.78 is 31.9. The van der Waals surface area contributed by atoms with Crippen LogP contribution in [0.3, 0.4) is 0 Å². The standard InChI is InChI=1S/C23H28BrN3O4S.ClH/c1-32(29,30)27-22-12-15(6-9-19(22)24)23(28)14-25-10-11-31-16-7-8-18-17-4-2-3-5-20(17)26-21(18)13-16;/h6-9,12-13,23,25-28H,2-5,10-11,14H2,1H3;1H. The Morgan fingerprint density at radius 2 is 1.97 bits per heavy atom. The second kappa shape index (κ2) is 11.1. The molecule has 0 saturated heterocycles. The summed E-state index contributed by atoms with van der Waals surface area (Å²) in [4.78, 5) is 3.54. The second-order valence-corrected chi connectivity index (χ2v) is 10.8. The van der Waals surface area contributed by atoms with E-state index in [9.17, 15) is 13.5 Å². The Kier molecular flexibility index (Phi) is 8.69. The highest BCUT2D eigenvalue weighted by Gasteiger charge is 2.16. The summed E-state index contributed by atoms with van der Waals surface area (Å²) in [6.45, 7) is 1.37. The van der Waals surface area contributed by atoms with Crippen LogP contribution in [0, 0.1) is 0 Å². The Hall–Kier alpha value is -1.78. The van der Waals surface area contributed by atoms with Crippen LogP contribution >= 0.6 is 28.3 Å². The summed E-state index contributed by atoms with van der Waals surface area (Å²) in [5, 5.41) is 14.9. The van der Waals surface area contributed by atoms with Gasteiger partial charge in [-0.05, 0) is 77.0 Å². The average Bonchev–Trinajstić information content (AvgIpc) is 3.11. The fraction of sp³-hybridized carbons (Fsp3) is 0.391. The zero-order valence-electron chi connectivity index (χ0n) is 18.4. The van der Waals surface area contributed by atoms with Crippen LogP contribution in [-0.2, 0) is 22.9 Å². The molecular formula is C23H29BrClN3O4S. The van der Waals surface area contributed by atoms with Gasteiger partial charge in [-0.1, -0.05) is 6.07 Å². The molecule has 0 amide bonds. The maximum Gasteiger partial charge on any atom is 0.229 e. The number of hydrogen-bond donors (Lipinski definition) is 4. The van der Waals surface area contributed by atoms with E-state index in [2.05, 4.69) is 43.1 Å². The van der Waals surface area contributed by atoms with Gasteiger partial charge in [0.05, 0.1) is 18.0 Å². The molecule has 7 nitrogen and oxygen atoms in total. The predicted octanol–water partition coefficient (Wildman–Crippen LogP) is 4.30. The van der Waals surface area contributed by atoms with Gasteiger partial charge in [-0.15, -0.1) is 12.4 Å². The second-order valence-electron chi connectivity index (χ2n) is 8.18. The summed E-state index contributed by atoms with van der Waals surface area (Å²) in [5.41, 5.74) is 4.97. The van der Waals surface area contributed by atoms with Gasteiger partial charge in [-0.2, -0.15) is 0 Å². The number of anilines is 1. The summed E-state index contributed by atoms with van der Waals surface area (Å²) >= 11 is 3.32. The summed E-state index contributed by atoms with van der Waals surface area (Å²) in [7, 11) is -3.40. The normalized spacial score (nSPS) is 14.4. The number of H-pyrrole nitrogens is 1. The number of ether oxygens (including phenoxy) is 1. The zero-order valence-corrected chi connectivity index (χ0v) is 21.6. The quantitative estimate of drug-likeness (QED) is 0.293. The van der Waals surface area contributed by atoms with Crippen LogP contribution in [0.2, 0.25) is 0 Å². The number of aromatic amines is 1. The molecule has 180 valence electrons. The van der Waals surface area contributed by atoms with E-state index in [1.807, 2.05) is 6.07 Å². The van der Waals surface area contributed by atoms with Crippen molar-refractivity contribution in [1.82, 2.24) is 10.3 Å². The fourth-order valence-electron chi connectivity index (χ4n) is 4.11. The van der Waals surface area contributed by atoms with Crippen molar-refractivity contribution in [3.05, 3.63) is 57.7 Å². The van der Waals surface area contributed by atoms with Crippen LogP contribution in [0.25, 0.3) is 10.9 Å². The van der Waals surface area contributed by atoms with Crippen molar-refractivity contribution in [3.63, 3.8) is 0 Å². The van der Waals surface area contributed by atoms with Gasteiger partial charge < -0.3 is 20.1 Å². The number of aliphatic hydroxyl groups excluding tert-OH is 1. The fourth-order valence-corrected chi connectivity index (χ4v) is 5.15. The molecule has 10 heteroatoms. The number of hydrogen-bond acceptors (Lipinski definition) is 5. The number of aryl methyl sites for hydroxylation is 2. The first-order valence-corrected chi connectivity index (χ1v) is 13.4. The molecule has 1 heterocycles. The minimum atomic E-state index is -3.40. The molecule has 2 aromatic carbocycles. The highest BCUT2D eigenvalue weighted by atomic mass is 79.9. The van der Waals surface area contributed by atoms with E-state index in [1.165, 1.54) is 29.5 Å². The van der Waals surface area contributed by atoms with Crippen molar-refractivity contribution >= 4 is 55.0 Å². The number of rotatable bonds is 9. The lowest BCUT2D eigenvalue weighted by atomic mass is 9.96. The van der Waals surface area contributed by atoms with Gasteiger partial charge >= 0.3 is 0 Å². The van der Waals surface area contributed by atoms with E-state index in [0.29, 0.717) is 35.4 Å². The van der Waals surface area contributed by atoms with Gasteiger partial charge in [0, 0.05) is 40.2 Å². The zero-order chi connectivity index (χ0) is 22.7. The lowest BCUT2D eigenvalue weighted by molar-refractivity contribution is 0.172. The maximum absolute atomic E-state index is 11.5. The highest BCUT2D eigenvalue weighted by Crippen LogP contribution is 2.31. The molecule has 0 spiro atoms. The summed E-state index contributed by atoms with van der Waals surface area (Å²) in [6, 6.07) is 11.3. The Balaban J connectivity index is 0.00000306. The van der Waals surface area contributed by atoms with Crippen LogP contribution in [0.4, 0.5) is 5.69 Å². The maximum atomic E-state index is 11.5. The van der Waals surface area contributed by atoms with Crippen LogP contribution in [0.15, 0.2) is 40.9 Å². The highest BCUT2D eigenvalue weighted by molar-refractivity contribution is 9.10. The summed E-state index contributed by atoms with van der Waals surface area (Å²) in [5.74, 6) is 0.822. The molecule has 0 saturated carbocycles. The minimum absolute atomic E-state index is 0. The van der Waals surface area contributed by atoms with Gasteiger partial charge in [0.2, 0.25) is 10.0 Å². The molecule has 1 atom stereocenters. The van der Waals surface area contributed by atoms with Crippen LogP contribution in [0.1, 0.15) is 35.8 Å². The number of aliphatic hydroxyl groups is 1. The molecule has 33 heavy (non-hydrogen) atoms. The molecule has 0 radical (unpaired) electrons. The third-order valence-corrected chi connectivity index (χ3v) is 6.91. The van der Waals surface area contributed by atoms with Crippen molar-refractivity contribution in [3.8, 4) is 5.75 Å². The molecule has 1 aromatic heterocycles. The topological polar surface area (TPSA) is 103 Å². The number of halogens is 2. The molecule has 1 aliphatic carbocycles. The third-order valence-electron chi connectivity index (χ3n) is 5.63. The van der Waals surface area contributed by atoms with Crippen LogP contribution in [-0.4, -0.2) is 44.5 Å². The van der Waals surface area contributed by atoms with Crippen molar-refractivity contribution in [2.45, 2.75) is 31.8 Å². The molecule has 3 aromatic rings. The Morgan fingerprint density at radius 3 is 2.76 bits per heavy atom. The van der Waals surface area contributed by atoms with E-state index in [4.69, 9.17) is 4.74 Å². The van der Waals surface area contributed by atoms with Crippen molar-refractivity contribution in [2.24, 2.45) is 0 Å². The first-order valence-electron chi connectivity index (χ1n) is 10.7. The third kappa shape index (κ3) is 6.64. The largest absolute Gasteiger partial charge is 0.492 e. The van der Waals surface area contributed by atoms with Gasteiger partial charge in [-0.3, -0.25) is 4.72 Å². The molecule has 4 rings (SSSR count). The lowest BCUT2D eigenvalue weighted by Gasteiger charge is -2.15. The van der Waals surface area contributed by atoms with Crippen molar-refractivity contribution in [2.75, 3.05) is 30.7 Å². The van der Waals surface area contributed by atoms with Gasteiger partial charge in [0.25, 0.3) is 0 Å². The summed E-state index contributed by atoms with van der Waals surface area (Å²) in [6.07, 6.45) is 5.08. The molecule has 1 unspecified atom stereocenters. The van der Waals surface area contributed by atoms with Crippen LogP contribution in [0.5, 0.6) is 5.75 Å². The number of nitrogens with one attached hydrogen (secondary N) is 3. The number of fused-ring (bicyclic) bond motifs is 3. The predicted molar refractivity (Wildman–Crippen MR) is 138 cm³/mol. The van der Waals surface area contributed by atoms with Gasteiger partial charge in [0.1, 0.15) is 12.4 Å². The van der Waals surface area contributed by atoms with E-state index in [1.54, 1.807) is 18.2 Å². The Labute approximate surface area is 208 Å². The van der Waals surface area contributed by atoms with Crippen molar-refractivity contribution in [1.29, 1.82) is 0 Å². The molecule has 4 N–H and O–H groups in total. The average molecular weight is 559 g/mol. The Bertz CT molecular complexity index is 1220. The number of sulfonamides is 1. The van der Waals surface area contributed by atoms with E-state index < -0.39 is 16.1 Å². The van der Waals surface area contributed by atoms with Gasteiger partial charge in [0.15, 0.2) is 0 Å². The van der Waals surface area contributed by atoms with E-state index >= 15 is 0 Å². The molecule has 0 aliphatic heterocycles. The Morgan fingerprint density at radius 1 is 1.18 bits per heavy atom. The van der Waals surface area contributed by atoms with E-state index in [-0.39, 0.29) is 12.4 Å². The van der Waals surface area contributed by atoms with Gasteiger partial charge in [-0.25, -0.2) is 8.42 Å². The van der Waals surface area contributed by atoms with Crippen LogP contribution < -0.4 is 14.8 Å². The SMILES string of the molecule is CS(=O)(=O)Nc1cc(C(O)CNCCOc2ccc3c4c([nH]c3c2)CCCC4)ccc1Br.Cl. The molecule has 0 fully saturated rings. The first kappa shape index (κ1) is 25.8. The molecule has 0 bridgehead atoms. The lowest BCUT2D eigenvalue weighted by Crippen LogP contribution is -2.26. The smallest absolute Gasteiger partial charge is 0.229 e. The number of aromatic nitrogens is 1. The van der Waals surface area contributed by atoms with Crippen molar-refractivity contribution < 1.29 is 18.3 Å². The van der Waals surface area contributed by atoms with E-state index in [0.717, 1.165) is 30.4 Å². The molecular weight excluding hydrogens is 530 g/mol. The minimum Gasteiger partial charge on any atom is -0.492 e. The first-order chi connectivity index (χ1) is 15.3. The monoisotopic (exact) mass is 557 g/mol. The number of benzene rings is 2. The molecule has 1 aliphatic rings.